The summed E-state index contributed by atoms with van der Waals surface area (Å²) in [6, 6.07) is 22.1. The standard InChI is InChI=1S/C35H37FN4O5/c1-35(2,38-21-27-7-6-18-44-27)20-32(41)39-29-16-14-25-19-26(36)15-17-30(25)40(33(29)42)22-23-10-12-24(13-11-23)28-8-4-5-9-31(28)45-34(43)37-3/h4-13,15,17-19,29,38H,14,16,20-22H2,1-3H3,(H,37,43)(H,39,41)/t29-/m1/s1. The van der Waals surface area contributed by atoms with E-state index in [2.05, 4.69) is 16.0 Å². The van der Waals surface area contributed by atoms with Crippen LogP contribution in [0, 0.1) is 5.82 Å². The lowest BCUT2D eigenvalue weighted by Gasteiger charge is -2.29. The highest BCUT2D eigenvalue weighted by molar-refractivity contribution is 6.00. The summed E-state index contributed by atoms with van der Waals surface area (Å²) in [5, 5.41) is 8.72. The van der Waals surface area contributed by atoms with Crippen LogP contribution in [0.1, 0.15) is 43.6 Å². The Morgan fingerprint density at radius 1 is 1.04 bits per heavy atom. The van der Waals surface area contributed by atoms with Gasteiger partial charge in [-0.2, -0.15) is 0 Å². The molecule has 3 aromatic carbocycles. The average molecular weight is 613 g/mol. The summed E-state index contributed by atoms with van der Waals surface area (Å²) in [6.45, 7) is 4.52. The third kappa shape index (κ3) is 7.96. The topological polar surface area (TPSA) is 113 Å². The summed E-state index contributed by atoms with van der Waals surface area (Å²) in [5.74, 6) is 0.279. The lowest BCUT2D eigenvalue weighted by Crippen LogP contribution is -2.50. The maximum Gasteiger partial charge on any atom is 0.412 e. The fourth-order valence-corrected chi connectivity index (χ4v) is 5.41. The molecule has 10 heteroatoms. The maximum atomic E-state index is 14.3. The molecule has 1 aromatic heterocycles. The Bertz CT molecular complexity index is 1650. The van der Waals surface area contributed by atoms with E-state index in [-0.39, 0.29) is 30.6 Å². The first kappa shape index (κ1) is 31.5. The summed E-state index contributed by atoms with van der Waals surface area (Å²) in [4.78, 5) is 40.6. The molecule has 3 N–H and O–H groups in total. The number of halogens is 1. The van der Waals surface area contributed by atoms with E-state index in [1.54, 1.807) is 29.4 Å². The average Bonchev–Trinajstić information content (AvgIpc) is 3.51. The number of fused-ring (bicyclic) bond motifs is 1. The number of furan rings is 1. The van der Waals surface area contributed by atoms with Gasteiger partial charge in [-0.15, -0.1) is 0 Å². The van der Waals surface area contributed by atoms with E-state index in [0.717, 1.165) is 22.5 Å². The minimum Gasteiger partial charge on any atom is -0.468 e. The number of hydrogen-bond acceptors (Lipinski definition) is 6. The van der Waals surface area contributed by atoms with Gasteiger partial charge in [0.15, 0.2) is 0 Å². The Kier molecular flexibility index (Phi) is 9.63. The van der Waals surface area contributed by atoms with Crippen molar-refractivity contribution in [3.63, 3.8) is 0 Å². The number of aryl methyl sites for hydroxylation is 1. The molecule has 0 fully saturated rings. The number of benzene rings is 3. The van der Waals surface area contributed by atoms with Crippen LogP contribution in [-0.4, -0.2) is 36.5 Å². The van der Waals surface area contributed by atoms with Crippen molar-refractivity contribution in [1.82, 2.24) is 16.0 Å². The molecule has 1 atom stereocenters. The zero-order chi connectivity index (χ0) is 32.0. The van der Waals surface area contributed by atoms with Gasteiger partial charge in [-0.3, -0.25) is 9.59 Å². The molecule has 1 aliphatic rings. The van der Waals surface area contributed by atoms with Crippen LogP contribution in [0.3, 0.4) is 0 Å². The minimum absolute atomic E-state index is 0.144. The highest BCUT2D eigenvalue weighted by atomic mass is 19.1. The van der Waals surface area contributed by atoms with Gasteiger partial charge >= 0.3 is 6.09 Å². The summed E-state index contributed by atoms with van der Waals surface area (Å²) >= 11 is 0. The predicted molar refractivity (Wildman–Crippen MR) is 169 cm³/mol. The normalized spacial score (nSPS) is 14.8. The molecule has 0 saturated carbocycles. The molecule has 234 valence electrons. The summed E-state index contributed by atoms with van der Waals surface area (Å²) in [5.41, 5.74) is 3.18. The van der Waals surface area contributed by atoms with Gasteiger partial charge in [-0.05, 0) is 79.8 Å². The van der Waals surface area contributed by atoms with Gasteiger partial charge in [0, 0.05) is 30.3 Å². The molecule has 0 saturated heterocycles. The second-order valence-electron chi connectivity index (χ2n) is 11.7. The van der Waals surface area contributed by atoms with Crippen LogP contribution in [0.2, 0.25) is 0 Å². The summed E-state index contributed by atoms with van der Waals surface area (Å²) in [6.07, 6.45) is 1.96. The van der Waals surface area contributed by atoms with Crippen LogP contribution in [-0.2, 0) is 29.1 Å². The van der Waals surface area contributed by atoms with Crippen molar-refractivity contribution >= 4 is 23.6 Å². The summed E-state index contributed by atoms with van der Waals surface area (Å²) in [7, 11) is 1.49. The number of hydrogen-bond donors (Lipinski definition) is 3. The van der Waals surface area contributed by atoms with Crippen LogP contribution in [0.25, 0.3) is 11.1 Å². The lowest BCUT2D eigenvalue weighted by atomic mass is 9.99. The van der Waals surface area contributed by atoms with Crippen LogP contribution < -0.4 is 25.6 Å². The van der Waals surface area contributed by atoms with Crippen LogP contribution in [0.4, 0.5) is 14.9 Å². The van der Waals surface area contributed by atoms with Gasteiger partial charge in [0.25, 0.3) is 0 Å². The molecular formula is C35H37FN4O5. The number of rotatable bonds is 10. The Balaban J connectivity index is 1.32. The van der Waals surface area contributed by atoms with E-state index in [0.29, 0.717) is 36.4 Å². The Hall–Kier alpha value is -4.96. The molecule has 4 aromatic rings. The molecule has 2 heterocycles. The van der Waals surface area contributed by atoms with E-state index in [1.807, 2.05) is 62.4 Å². The van der Waals surface area contributed by atoms with Gasteiger partial charge in [0.05, 0.1) is 19.4 Å². The van der Waals surface area contributed by atoms with Crippen LogP contribution in [0.15, 0.2) is 89.5 Å². The molecule has 3 amide bonds. The first-order valence-electron chi connectivity index (χ1n) is 14.9. The fourth-order valence-electron chi connectivity index (χ4n) is 5.41. The summed E-state index contributed by atoms with van der Waals surface area (Å²) < 4.78 is 25.0. The van der Waals surface area contributed by atoms with Crippen LogP contribution >= 0.6 is 0 Å². The van der Waals surface area contributed by atoms with Crippen molar-refractivity contribution in [1.29, 1.82) is 0 Å². The van der Waals surface area contributed by atoms with E-state index in [4.69, 9.17) is 9.15 Å². The first-order valence-corrected chi connectivity index (χ1v) is 14.9. The van der Waals surface area contributed by atoms with Crippen molar-refractivity contribution < 1.29 is 27.9 Å². The van der Waals surface area contributed by atoms with Crippen molar-refractivity contribution in [2.24, 2.45) is 0 Å². The molecule has 0 aliphatic carbocycles. The number of nitrogens with one attached hydrogen (secondary N) is 3. The number of nitrogens with zero attached hydrogens (tertiary/aromatic N) is 1. The molecule has 0 unspecified atom stereocenters. The largest absolute Gasteiger partial charge is 0.468 e. The quantitative estimate of drug-likeness (QED) is 0.211. The third-order valence-electron chi connectivity index (χ3n) is 7.76. The van der Waals surface area contributed by atoms with Crippen molar-refractivity contribution in [2.75, 3.05) is 11.9 Å². The first-order chi connectivity index (χ1) is 21.6. The van der Waals surface area contributed by atoms with Crippen molar-refractivity contribution in [3.8, 4) is 16.9 Å². The van der Waals surface area contributed by atoms with Crippen LogP contribution in [0.5, 0.6) is 5.75 Å². The van der Waals surface area contributed by atoms with Crippen molar-refractivity contribution in [2.45, 2.75) is 57.8 Å². The van der Waals surface area contributed by atoms with Gasteiger partial charge < -0.3 is 30.0 Å². The van der Waals surface area contributed by atoms with Gasteiger partial charge in [-0.1, -0.05) is 42.5 Å². The van der Waals surface area contributed by atoms with Gasteiger partial charge in [0.2, 0.25) is 11.8 Å². The molecule has 0 radical (unpaired) electrons. The number of para-hydroxylation sites is 1. The van der Waals surface area contributed by atoms with E-state index in [9.17, 15) is 18.8 Å². The van der Waals surface area contributed by atoms with E-state index < -0.39 is 17.7 Å². The maximum absolute atomic E-state index is 14.3. The highest BCUT2D eigenvalue weighted by Gasteiger charge is 2.33. The Morgan fingerprint density at radius 3 is 2.56 bits per heavy atom. The predicted octanol–water partition coefficient (Wildman–Crippen LogP) is 5.73. The minimum atomic E-state index is -0.776. The smallest absolute Gasteiger partial charge is 0.412 e. The zero-order valence-electron chi connectivity index (χ0n) is 25.6. The zero-order valence-corrected chi connectivity index (χ0v) is 25.6. The van der Waals surface area contributed by atoms with E-state index in [1.165, 1.54) is 19.2 Å². The SMILES string of the molecule is CNC(=O)Oc1ccccc1-c1ccc(CN2C(=O)[C@H](NC(=O)CC(C)(C)NCc3ccco3)CCc3cc(F)ccc32)cc1. The molecule has 45 heavy (non-hydrogen) atoms. The highest BCUT2D eigenvalue weighted by Crippen LogP contribution is 2.32. The monoisotopic (exact) mass is 612 g/mol. The molecule has 0 spiro atoms. The second kappa shape index (κ2) is 13.8. The molecule has 9 nitrogen and oxygen atoms in total. The number of anilines is 1. The molecule has 0 bridgehead atoms. The second-order valence-corrected chi connectivity index (χ2v) is 11.7. The number of carbonyl (C=O) groups excluding carboxylic acids is 3. The number of ether oxygens (including phenoxy) is 1. The van der Waals surface area contributed by atoms with Gasteiger partial charge in [0.1, 0.15) is 23.4 Å². The van der Waals surface area contributed by atoms with E-state index >= 15 is 0 Å². The van der Waals surface area contributed by atoms with Gasteiger partial charge in [-0.25, -0.2) is 9.18 Å². The number of carbonyl (C=O) groups is 3. The lowest BCUT2D eigenvalue weighted by molar-refractivity contribution is -0.128. The van der Waals surface area contributed by atoms with Crippen molar-refractivity contribution in [3.05, 3.63) is 108 Å². The third-order valence-corrected chi connectivity index (χ3v) is 7.76. The Morgan fingerprint density at radius 2 is 1.82 bits per heavy atom. The molecule has 5 rings (SSSR count). The number of amides is 3. The molecule has 1 aliphatic heterocycles. The Labute approximate surface area is 261 Å². The fraction of sp³-hybridized carbons (Fsp3) is 0.286. The molecular weight excluding hydrogens is 575 g/mol.